The highest BCUT2D eigenvalue weighted by Crippen LogP contribution is 2.14. The fourth-order valence-corrected chi connectivity index (χ4v) is 2.61. The summed E-state index contributed by atoms with van der Waals surface area (Å²) < 4.78 is 1.92. The summed E-state index contributed by atoms with van der Waals surface area (Å²) in [4.78, 5) is 16.2. The van der Waals surface area contributed by atoms with E-state index in [4.69, 9.17) is 0 Å². The molecule has 0 fully saturated rings. The third-order valence-electron chi connectivity index (χ3n) is 3.75. The van der Waals surface area contributed by atoms with E-state index in [9.17, 15) is 4.79 Å². The van der Waals surface area contributed by atoms with Crippen molar-refractivity contribution in [2.75, 3.05) is 0 Å². The molecule has 2 heterocycles. The van der Waals surface area contributed by atoms with Crippen LogP contribution in [0.15, 0.2) is 30.6 Å². The first-order valence-electron chi connectivity index (χ1n) is 7.97. The first-order valence-corrected chi connectivity index (χ1v) is 7.97. The predicted molar refractivity (Wildman–Crippen MR) is 90.1 cm³/mol. The number of nitrogens with zero attached hydrogens (tertiary/aromatic N) is 3. The molecule has 124 valence electrons. The lowest BCUT2D eigenvalue weighted by Crippen LogP contribution is -2.44. The topological polar surface area (TPSA) is 71.8 Å². The zero-order valence-corrected chi connectivity index (χ0v) is 14.2. The lowest BCUT2D eigenvalue weighted by Gasteiger charge is -2.20. The van der Waals surface area contributed by atoms with Crippen molar-refractivity contribution in [3.05, 3.63) is 47.5 Å². The number of carbonyl (C=O) groups is 1. The van der Waals surface area contributed by atoms with Gasteiger partial charge in [-0.15, -0.1) is 0 Å². The molecule has 0 saturated heterocycles. The Hall–Kier alpha value is -2.37. The molecule has 0 aliphatic heterocycles. The van der Waals surface area contributed by atoms with Crippen LogP contribution in [0.2, 0.25) is 0 Å². The monoisotopic (exact) mass is 315 g/mol. The summed E-state index contributed by atoms with van der Waals surface area (Å²) in [5.41, 5.74) is 3.14. The molecule has 2 aromatic rings. The predicted octanol–water partition coefficient (Wildman–Crippen LogP) is 2.73. The van der Waals surface area contributed by atoms with Crippen molar-refractivity contribution in [1.29, 1.82) is 0 Å². The Kier molecular flexibility index (Phi) is 5.73. The smallest absolute Gasteiger partial charge is 0.315 e. The second kappa shape index (κ2) is 7.76. The Balaban J connectivity index is 1.89. The molecule has 0 aliphatic rings. The van der Waals surface area contributed by atoms with Crippen molar-refractivity contribution in [2.45, 2.75) is 52.7 Å². The van der Waals surface area contributed by atoms with E-state index < -0.39 is 0 Å². The maximum absolute atomic E-state index is 12.2. The molecule has 23 heavy (non-hydrogen) atoms. The van der Waals surface area contributed by atoms with Gasteiger partial charge in [-0.1, -0.05) is 6.92 Å². The number of carbonyl (C=O) groups excluding carboxylic acids is 1. The van der Waals surface area contributed by atoms with Gasteiger partial charge in [0, 0.05) is 24.1 Å². The molecule has 2 amide bonds. The number of amides is 2. The van der Waals surface area contributed by atoms with E-state index in [2.05, 4.69) is 20.7 Å². The minimum atomic E-state index is -0.164. The van der Waals surface area contributed by atoms with E-state index in [1.807, 2.05) is 50.6 Å². The molecule has 0 aromatic carbocycles. The average Bonchev–Trinajstić information content (AvgIpc) is 2.83. The standard InChI is InChI=1S/C17H25N5O/c1-5-16(15-6-8-18-9-7-15)20-17(23)19-13(3)11-22-14(4)10-12(2)21-22/h6-10,13,16H,5,11H2,1-4H3,(H2,19,20,23)/t13-,16+/m0/s1. The van der Waals surface area contributed by atoms with Gasteiger partial charge in [0.05, 0.1) is 18.3 Å². The van der Waals surface area contributed by atoms with Crippen LogP contribution in [0, 0.1) is 13.8 Å². The first kappa shape index (κ1) is 17.0. The number of hydrogen-bond donors (Lipinski definition) is 2. The van der Waals surface area contributed by atoms with Gasteiger partial charge in [-0.25, -0.2) is 4.79 Å². The molecule has 0 saturated carbocycles. The minimum Gasteiger partial charge on any atom is -0.334 e. The number of aromatic nitrogens is 3. The summed E-state index contributed by atoms with van der Waals surface area (Å²) in [5.74, 6) is 0. The van der Waals surface area contributed by atoms with Crippen LogP contribution < -0.4 is 10.6 Å². The van der Waals surface area contributed by atoms with E-state index in [-0.39, 0.29) is 18.1 Å². The quantitative estimate of drug-likeness (QED) is 0.861. The van der Waals surface area contributed by atoms with Crippen molar-refractivity contribution >= 4 is 6.03 Å². The summed E-state index contributed by atoms with van der Waals surface area (Å²) in [5, 5.41) is 10.4. The van der Waals surface area contributed by atoms with Gasteiger partial charge in [-0.3, -0.25) is 9.67 Å². The van der Waals surface area contributed by atoms with E-state index >= 15 is 0 Å². The molecule has 2 N–H and O–H groups in total. The van der Waals surface area contributed by atoms with Gasteiger partial charge in [0.1, 0.15) is 0 Å². The molecule has 0 unspecified atom stereocenters. The van der Waals surface area contributed by atoms with Gasteiger partial charge in [0.25, 0.3) is 0 Å². The molecule has 6 nitrogen and oxygen atoms in total. The summed E-state index contributed by atoms with van der Waals surface area (Å²) in [6.07, 6.45) is 4.30. The van der Waals surface area contributed by atoms with Gasteiger partial charge in [-0.2, -0.15) is 5.10 Å². The molecule has 2 atom stereocenters. The van der Waals surface area contributed by atoms with Gasteiger partial charge in [-0.05, 0) is 51.0 Å². The van der Waals surface area contributed by atoms with E-state index in [1.54, 1.807) is 12.4 Å². The number of rotatable bonds is 6. The molecular weight excluding hydrogens is 290 g/mol. The average molecular weight is 315 g/mol. The van der Waals surface area contributed by atoms with Crippen LogP contribution >= 0.6 is 0 Å². The van der Waals surface area contributed by atoms with Crippen LogP contribution in [0.5, 0.6) is 0 Å². The fourth-order valence-electron chi connectivity index (χ4n) is 2.61. The molecular formula is C17H25N5O. The SMILES string of the molecule is CC[C@@H](NC(=O)N[C@@H](C)Cn1nc(C)cc1C)c1ccncc1. The Morgan fingerprint density at radius 1 is 1.26 bits per heavy atom. The first-order chi connectivity index (χ1) is 11.0. The van der Waals surface area contributed by atoms with Crippen molar-refractivity contribution < 1.29 is 4.79 Å². The fraction of sp³-hybridized carbons (Fsp3) is 0.471. The van der Waals surface area contributed by atoms with Gasteiger partial charge in [0.2, 0.25) is 0 Å². The maximum Gasteiger partial charge on any atom is 0.315 e. The third kappa shape index (κ3) is 4.81. The molecule has 0 spiro atoms. The van der Waals surface area contributed by atoms with Crippen molar-refractivity contribution in [2.24, 2.45) is 0 Å². The van der Waals surface area contributed by atoms with Crippen LogP contribution in [0.4, 0.5) is 4.79 Å². The highest BCUT2D eigenvalue weighted by atomic mass is 16.2. The number of nitrogens with one attached hydrogen (secondary N) is 2. The third-order valence-corrected chi connectivity index (χ3v) is 3.75. The lowest BCUT2D eigenvalue weighted by atomic mass is 10.1. The van der Waals surface area contributed by atoms with Crippen molar-refractivity contribution in [1.82, 2.24) is 25.4 Å². The summed E-state index contributed by atoms with van der Waals surface area (Å²) in [7, 11) is 0. The van der Waals surface area contributed by atoms with Crippen LogP contribution in [0.25, 0.3) is 0 Å². The zero-order chi connectivity index (χ0) is 16.8. The van der Waals surface area contributed by atoms with E-state index in [0.717, 1.165) is 23.4 Å². The molecule has 2 aromatic heterocycles. The van der Waals surface area contributed by atoms with Gasteiger partial charge >= 0.3 is 6.03 Å². The summed E-state index contributed by atoms with van der Waals surface area (Å²) in [6, 6.07) is 5.69. The van der Waals surface area contributed by atoms with Crippen molar-refractivity contribution in [3.63, 3.8) is 0 Å². The Morgan fingerprint density at radius 2 is 1.96 bits per heavy atom. The van der Waals surface area contributed by atoms with Crippen LogP contribution in [0.1, 0.15) is 43.3 Å². The van der Waals surface area contributed by atoms with E-state index in [1.165, 1.54) is 0 Å². The molecule has 0 bridgehead atoms. The molecule has 6 heteroatoms. The number of pyridine rings is 1. The van der Waals surface area contributed by atoms with Gasteiger partial charge < -0.3 is 10.6 Å². The summed E-state index contributed by atoms with van der Waals surface area (Å²) >= 11 is 0. The number of aryl methyl sites for hydroxylation is 2. The molecule has 0 aliphatic carbocycles. The van der Waals surface area contributed by atoms with E-state index in [0.29, 0.717) is 6.54 Å². The maximum atomic E-state index is 12.2. The molecule has 2 rings (SSSR count). The lowest BCUT2D eigenvalue weighted by molar-refractivity contribution is 0.232. The number of hydrogen-bond acceptors (Lipinski definition) is 3. The zero-order valence-electron chi connectivity index (χ0n) is 14.2. The van der Waals surface area contributed by atoms with Crippen molar-refractivity contribution in [3.8, 4) is 0 Å². The van der Waals surface area contributed by atoms with Gasteiger partial charge in [0.15, 0.2) is 0 Å². The minimum absolute atomic E-state index is 0.0112. The molecule has 0 radical (unpaired) electrons. The highest BCUT2D eigenvalue weighted by Gasteiger charge is 2.15. The normalized spacial score (nSPS) is 13.4. The van der Waals surface area contributed by atoms with Crippen LogP contribution in [0.3, 0.4) is 0 Å². The second-order valence-electron chi connectivity index (χ2n) is 5.87. The van der Waals surface area contributed by atoms with Crippen LogP contribution in [-0.4, -0.2) is 26.8 Å². The highest BCUT2D eigenvalue weighted by molar-refractivity contribution is 5.74. The largest absolute Gasteiger partial charge is 0.334 e. The second-order valence-corrected chi connectivity index (χ2v) is 5.87. The Labute approximate surface area is 137 Å². The Morgan fingerprint density at radius 3 is 2.52 bits per heavy atom. The summed E-state index contributed by atoms with van der Waals surface area (Å²) in [6.45, 7) is 8.66. The number of urea groups is 1. The van der Waals surface area contributed by atoms with Crippen LogP contribution in [-0.2, 0) is 6.54 Å². The Bertz CT molecular complexity index is 638.